The highest BCUT2D eigenvalue weighted by Crippen LogP contribution is 2.29. The number of nitrogens with one attached hydrogen (secondary N) is 2. The summed E-state index contributed by atoms with van der Waals surface area (Å²) in [6.07, 6.45) is 1.48. The Morgan fingerprint density at radius 1 is 1.32 bits per heavy atom. The van der Waals surface area contributed by atoms with Gasteiger partial charge in [0.25, 0.3) is 0 Å². The van der Waals surface area contributed by atoms with Gasteiger partial charge >= 0.3 is 0 Å². The third kappa shape index (κ3) is 4.51. The fraction of sp³-hybridized carbons (Fsp3) is 0.316. The first kappa shape index (κ1) is 19.9. The average molecular weight is 406 g/mol. The number of pyridine rings is 1. The Kier molecular flexibility index (Phi) is 6.30. The molecule has 1 amide bonds. The van der Waals surface area contributed by atoms with Crippen LogP contribution >= 0.6 is 11.6 Å². The lowest BCUT2D eigenvalue weighted by Gasteiger charge is -2.36. The lowest BCUT2D eigenvalue weighted by Crippen LogP contribution is -2.50. The van der Waals surface area contributed by atoms with E-state index in [1.165, 1.54) is 12.3 Å². The fourth-order valence-electron chi connectivity index (χ4n) is 3.05. The largest absolute Gasteiger partial charge is 0.495 e. The molecule has 0 radical (unpaired) electrons. The minimum absolute atomic E-state index is 0.00788. The summed E-state index contributed by atoms with van der Waals surface area (Å²) >= 11 is 6.07. The number of carbonyl (C=O) groups is 1. The van der Waals surface area contributed by atoms with Gasteiger partial charge in [0.15, 0.2) is 0 Å². The zero-order chi connectivity index (χ0) is 20.1. The standard InChI is InChI=1S/C19H21ClFN5O2/c1-28-16-11-13(4-5-15(16)20)25-7-9-26(10-8-25)17(27)12-24-19-14(18(21)22)3-2-6-23-19/h2-6,11,22H,7-10,12H2,1H3,(H,23,24). The number of piperazine rings is 1. The second-order valence-electron chi connectivity index (χ2n) is 6.25. The molecule has 2 N–H and O–H groups in total. The van der Waals surface area contributed by atoms with Crippen LogP contribution in [-0.2, 0) is 4.79 Å². The van der Waals surface area contributed by atoms with Crippen LogP contribution in [0.5, 0.6) is 5.75 Å². The Morgan fingerprint density at radius 2 is 2.07 bits per heavy atom. The van der Waals surface area contributed by atoms with Crippen molar-refractivity contribution in [2.24, 2.45) is 0 Å². The number of methoxy groups -OCH3 is 1. The molecule has 148 valence electrons. The van der Waals surface area contributed by atoms with Crippen LogP contribution in [0.15, 0.2) is 36.5 Å². The van der Waals surface area contributed by atoms with Gasteiger partial charge in [0, 0.05) is 44.1 Å². The molecule has 0 spiro atoms. The summed E-state index contributed by atoms with van der Waals surface area (Å²) in [5.41, 5.74) is 1.03. The van der Waals surface area contributed by atoms with Crippen LogP contribution in [0.2, 0.25) is 5.02 Å². The average Bonchev–Trinajstić information content (AvgIpc) is 2.72. The Labute approximate surface area is 167 Å². The van der Waals surface area contributed by atoms with Gasteiger partial charge in [-0.05, 0) is 24.3 Å². The molecule has 0 atom stereocenters. The number of amides is 1. The molecule has 1 aliphatic heterocycles. The molecule has 9 heteroatoms. The van der Waals surface area contributed by atoms with E-state index in [1.807, 2.05) is 12.1 Å². The lowest BCUT2D eigenvalue weighted by atomic mass is 10.2. The molecule has 0 unspecified atom stereocenters. The van der Waals surface area contributed by atoms with Crippen LogP contribution in [0.3, 0.4) is 0 Å². The predicted molar refractivity (Wildman–Crippen MR) is 107 cm³/mol. The molecule has 7 nitrogen and oxygen atoms in total. The van der Waals surface area contributed by atoms with Gasteiger partial charge < -0.3 is 19.9 Å². The van der Waals surface area contributed by atoms with E-state index in [0.29, 0.717) is 37.0 Å². The van der Waals surface area contributed by atoms with Crippen molar-refractivity contribution in [2.75, 3.05) is 50.1 Å². The van der Waals surface area contributed by atoms with Crippen molar-refractivity contribution in [3.05, 3.63) is 47.1 Å². The van der Waals surface area contributed by atoms with Crippen LogP contribution in [0.1, 0.15) is 5.56 Å². The number of hydrogen-bond acceptors (Lipinski definition) is 6. The number of benzene rings is 1. The molecular weight excluding hydrogens is 385 g/mol. The predicted octanol–water partition coefficient (Wildman–Crippen LogP) is 2.80. The number of rotatable bonds is 6. The van der Waals surface area contributed by atoms with Crippen LogP contribution < -0.4 is 15.0 Å². The molecule has 2 aromatic rings. The first-order chi connectivity index (χ1) is 13.5. The van der Waals surface area contributed by atoms with Gasteiger partial charge in [0.05, 0.1) is 24.2 Å². The highest BCUT2D eigenvalue weighted by atomic mass is 35.5. The molecular formula is C19H21ClFN5O2. The molecule has 1 aromatic carbocycles. The third-order valence-electron chi connectivity index (χ3n) is 4.58. The molecule has 28 heavy (non-hydrogen) atoms. The van der Waals surface area contributed by atoms with E-state index in [9.17, 15) is 9.18 Å². The fourth-order valence-corrected chi connectivity index (χ4v) is 3.25. The van der Waals surface area contributed by atoms with Crippen molar-refractivity contribution in [3.8, 4) is 5.75 Å². The first-order valence-corrected chi connectivity index (χ1v) is 9.17. The second-order valence-corrected chi connectivity index (χ2v) is 6.66. The van der Waals surface area contributed by atoms with Gasteiger partial charge in [0.2, 0.25) is 11.9 Å². The monoisotopic (exact) mass is 405 g/mol. The maximum Gasteiger partial charge on any atom is 0.242 e. The summed E-state index contributed by atoms with van der Waals surface area (Å²) in [4.78, 5) is 20.4. The SMILES string of the molecule is COc1cc(N2CCN(C(=O)CNc3ncccc3C(=N)F)CC2)ccc1Cl. The topological polar surface area (TPSA) is 81.6 Å². The number of aromatic nitrogens is 1. The van der Waals surface area contributed by atoms with Crippen LogP contribution in [0.4, 0.5) is 15.9 Å². The summed E-state index contributed by atoms with van der Waals surface area (Å²) in [6.45, 7) is 2.49. The highest BCUT2D eigenvalue weighted by Gasteiger charge is 2.22. The summed E-state index contributed by atoms with van der Waals surface area (Å²) < 4.78 is 18.5. The second kappa shape index (κ2) is 8.88. The van der Waals surface area contributed by atoms with Gasteiger partial charge in [-0.2, -0.15) is 4.39 Å². The van der Waals surface area contributed by atoms with Crippen LogP contribution in [-0.4, -0.2) is 61.6 Å². The van der Waals surface area contributed by atoms with Crippen molar-refractivity contribution >= 4 is 35.0 Å². The molecule has 0 aliphatic carbocycles. The number of anilines is 2. The highest BCUT2D eigenvalue weighted by molar-refractivity contribution is 6.32. The summed E-state index contributed by atoms with van der Waals surface area (Å²) in [5, 5.41) is 10.5. The minimum Gasteiger partial charge on any atom is -0.495 e. The molecule has 1 fully saturated rings. The summed E-state index contributed by atoms with van der Waals surface area (Å²) in [7, 11) is 1.58. The summed E-state index contributed by atoms with van der Waals surface area (Å²) in [5.74, 6) is -0.382. The molecule has 3 rings (SSSR count). The Hall–Kier alpha value is -2.87. The number of nitrogens with zero attached hydrogens (tertiary/aromatic N) is 3. The van der Waals surface area contributed by atoms with Crippen molar-refractivity contribution in [1.29, 1.82) is 5.41 Å². The normalized spacial score (nSPS) is 14.0. The summed E-state index contributed by atoms with van der Waals surface area (Å²) in [6, 6.07) is 8.60. The van der Waals surface area contributed by atoms with E-state index in [1.54, 1.807) is 24.1 Å². The van der Waals surface area contributed by atoms with Gasteiger partial charge in [-0.1, -0.05) is 11.6 Å². The Morgan fingerprint density at radius 3 is 2.75 bits per heavy atom. The number of hydrogen-bond donors (Lipinski definition) is 2. The van der Waals surface area contributed by atoms with Crippen molar-refractivity contribution < 1.29 is 13.9 Å². The van der Waals surface area contributed by atoms with E-state index in [-0.39, 0.29) is 23.8 Å². The van der Waals surface area contributed by atoms with Gasteiger partial charge in [-0.25, -0.2) is 4.98 Å². The van der Waals surface area contributed by atoms with E-state index in [2.05, 4.69) is 15.2 Å². The minimum atomic E-state index is -1.09. The molecule has 1 aromatic heterocycles. The van der Waals surface area contributed by atoms with Gasteiger partial charge in [-0.3, -0.25) is 10.2 Å². The maximum absolute atomic E-state index is 13.2. The smallest absolute Gasteiger partial charge is 0.242 e. The van der Waals surface area contributed by atoms with Gasteiger partial charge in [-0.15, -0.1) is 0 Å². The number of ether oxygens (including phenoxy) is 1. The molecule has 0 bridgehead atoms. The molecule has 1 saturated heterocycles. The molecule has 1 aliphatic rings. The first-order valence-electron chi connectivity index (χ1n) is 8.79. The van der Waals surface area contributed by atoms with E-state index < -0.39 is 5.97 Å². The number of carbonyl (C=O) groups excluding carboxylic acids is 1. The zero-order valence-electron chi connectivity index (χ0n) is 15.4. The Bertz CT molecular complexity index is 871. The maximum atomic E-state index is 13.2. The van der Waals surface area contributed by atoms with Crippen molar-refractivity contribution in [3.63, 3.8) is 0 Å². The molecule has 2 heterocycles. The van der Waals surface area contributed by atoms with E-state index in [0.717, 1.165) is 5.69 Å². The van der Waals surface area contributed by atoms with Crippen LogP contribution in [0.25, 0.3) is 0 Å². The quantitative estimate of drug-likeness (QED) is 0.722. The molecule has 0 saturated carbocycles. The van der Waals surface area contributed by atoms with E-state index in [4.69, 9.17) is 21.7 Å². The lowest BCUT2D eigenvalue weighted by molar-refractivity contribution is -0.129. The van der Waals surface area contributed by atoms with Gasteiger partial charge in [0.1, 0.15) is 11.6 Å². The van der Waals surface area contributed by atoms with E-state index >= 15 is 0 Å². The number of halogens is 2. The van der Waals surface area contributed by atoms with Crippen molar-refractivity contribution in [2.45, 2.75) is 0 Å². The third-order valence-corrected chi connectivity index (χ3v) is 4.90. The zero-order valence-corrected chi connectivity index (χ0v) is 16.2. The Balaban J connectivity index is 1.55. The van der Waals surface area contributed by atoms with Crippen LogP contribution in [0, 0.1) is 5.41 Å². The van der Waals surface area contributed by atoms with Crippen molar-refractivity contribution in [1.82, 2.24) is 9.88 Å².